The summed E-state index contributed by atoms with van der Waals surface area (Å²) in [5.41, 5.74) is 4.02. The summed E-state index contributed by atoms with van der Waals surface area (Å²) >= 11 is 0. The van der Waals surface area contributed by atoms with Gasteiger partial charge < -0.3 is 14.8 Å². The van der Waals surface area contributed by atoms with Crippen LogP contribution in [-0.4, -0.2) is 34.3 Å². The number of aryl methyl sites for hydroxylation is 1. The van der Waals surface area contributed by atoms with Gasteiger partial charge in [-0.3, -0.25) is 4.79 Å². The number of methoxy groups -OCH3 is 1. The zero-order chi connectivity index (χ0) is 14.5. The Hall–Kier alpha value is -2.83. The fraction of sp³-hybridized carbons (Fsp3) is 0.154. The largest absolute Gasteiger partial charge is 0.504 e. The first-order valence-corrected chi connectivity index (χ1v) is 5.82. The van der Waals surface area contributed by atoms with E-state index in [2.05, 4.69) is 20.5 Å². The summed E-state index contributed by atoms with van der Waals surface area (Å²) < 4.78 is 4.97. The van der Waals surface area contributed by atoms with Gasteiger partial charge in [0.1, 0.15) is 0 Å². The normalized spacial score (nSPS) is 10.7. The number of phenolic OH excluding ortho intramolecular Hbond substituents is 1. The topological polar surface area (TPSA) is 99.6 Å². The van der Waals surface area contributed by atoms with E-state index in [1.54, 1.807) is 19.1 Å². The number of nitrogens with one attached hydrogen (secondary N) is 2. The van der Waals surface area contributed by atoms with Gasteiger partial charge in [-0.15, -0.1) is 0 Å². The fourth-order valence-electron chi connectivity index (χ4n) is 1.58. The molecule has 0 spiro atoms. The van der Waals surface area contributed by atoms with E-state index >= 15 is 0 Å². The molecule has 7 heteroatoms. The summed E-state index contributed by atoms with van der Waals surface area (Å²) in [5, 5.41) is 13.3. The van der Waals surface area contributed by atoms with E-state index in [0.29, 0.717) is 22.7 Å². The van der Waals surface area contributed by atoms with Gasteiger partial charge in [-0.05, 0) is 30.7 Å². The number of carbonyl (C=O) groups is 1. The smallest absolute Gasteiger partial charge is 0.291 e. The van der Waals surface area contributed by atoms with Gasteiger partial charge in [0.25, 0.3) is 5.91 Å². The van der Waals surface area contributed by atoms with Crippen molar-refractivity contribution in [2.75, 3.05) is 7.11 Å². The molecular formula is C13H14N4O3. The molecule has 1 amide bonds. The molecule has 0 aliphatic rings. The lowest BCUT2D eigenvalue weighted by atomic mass is 10.2. The zero-order valence-corrected chi connectivity index (χ0v) is 11.0. The van der Waals surface area contributed by atoms with Gasteiger partial charge in [0, 0.05) is 5.69 Å². The second-order valence-corrected chi connectivity index (χ2v) is 4.01. The van der Waals surface area contributed by atoms with Crippen molar-refractivity contribution in [2.24, 2.45) is 5.10 Å². The monoisotopic (exact) mass is 274 g/mol. The highest BCUT2D eigenvalue weighted by molar-refractivity contribution is 5.94. The predicted octanol–water partition coefficient (Wildman–Crippen LogP) is 1.20. The average molecular weight is 274 g/mol. The molecule has 3 N–H and O–H groups in total. The molecule has 0 fully saturated rings. The summed E-state index contributed by atoms with van der Waals surface area (Å²) in [5.74, 6) is -0.0185. The molecular weight excluding hydrogens is 260 g/mol. The van der Waals surface area contributed by atoms with E-state index in [4.69, 9.17) is 4.74 Å². The van der Waals surface area contributed by atoms with Crippen molar-refractivity contribution in [3.8, 4) is 11.5 Å². The van der Waals surface area contributed by atoms with Crippen molar-refractivity contribution < 1.29 is 14.6 Å². The van der Waals surface area contributed by atoms with Crippen LogP contribution in [0.25, 0.3) is 0 Å². The van der Waals surface area contributed by atoms with Crippen molar-refractivity contribution >= 4 is 12.1 Å². The van der Waals surface area contributed by atoms with Crippen LogP contribution >= 0.6 is 0 Å². The number of hydrogen-bond acceptors (Lipinski definition) is 5. The first-order chi connectivity index (χ1) is 9.61. The van der Waals surface area contributed by atoms with Gasteiger partial charge in [0.2, 0.25) is 0 Å². The minimum atomic E-state index is -0.397. The molecule has 1 aromatic carbocycles. The van der Waals surface area contributed by atoms with Crippen LogP contribution in [-0.2, 0) is 0 Å². The SMILES string of the molecule is COc1cc(C=NNC(=O)c2nc[nH]c2C)ccc1O. The Balaban J connectivity index is 2.04. The van der Waals surface area contributed by atoms with E-state index in [9.17, 15) is 9.90 Å². The number of aromatic nitrogens is 2. The molecule has 0 aliphatic heterocycles. The van der Waals surface area contributed by atoms with Gasteiger partial charge in [0.15, 0.2) is 17.2 Å². The van der Waals surface area contributed by atoms with Gasteiger partial charge >= 0.3 is 0 Å². The number of nitrogens with zero attached hydrogens (tertiary/aromatic N) is 2. The molecule has 0 radical (unpaired) electrons. The van der Waals surface area contributed by atoms with Crippen molar-refractivity contribution in [1.29, 1.82) is 0 Å². The number of hydrogen-bond donors (Lipinski definition) is 3. The maximum atomic E-state index is 11.7. The first kappa shape index (κ1) is 13.6. The molecule has 104 valence electrons. The van der Waals surface area contributed by atoms with Crippen LogP contribution in [0.15, 0.2) is 29.6 Å². The van der Waals surface area contributed by atoms with Crippen molar-refractivity contribution in [3.63, 3.8) is 0 Å². The first-order valence-electron chi connectivity index (χ1n) is 5.82. The van der Waals surface area contributed by atoms with Gasteiger partial charge in [-0.25, -0.2) is 10.4 Å². The zero-order valence-electron chi connectivity index (χ0n) is 11.0. The predicted molar refractivity (Wildman–Crippen MR) is 73.0 cm³/mol. The van der Waals surface area contributed by atoms with E-state index in [1.807, 2.05) is 0 Å². The molecule has 1 aromatic heterocycles. The number of carbonyl (C=O) groups excluding carboxylic acids is 1. The lowest BCUT2D eigenvalue weighted by Gasteiger charge is -2.03. The van der Waals surface area contributed by atoms with Crippen LogP contribution in [0.2, 0.25) is 0 Å². The molecule has 2 rings (SSSR count). The molecule has 0 bridgehead atoms. The Kier molecular flexibility index (Phi) is 3.99. The molecule has 2 aromatic rings. The average Bonchev–Trinajstić information content (AvgIpc) is 2.87. The maximum absolute atomic E-state index is 11.7. The van der Waals surface area contributed by atoms with E-state index < -0.39 is 5.91 Å². The van der Waals surface area contributed by atoms with Crippen LogP contribution in [0, 0.1) is 6.92 Å². The number of aromatic hydroxyl groups is 1. The van der Waals surface area contributed by atoms with Gasteiger partial charge in [-0.2, -0.15) is 5.10 Å². The standard InChI is InChI=1S/C13H14N4O3/c1-8-12(15-7-14-8)13(19)17-16-6-9-3-4-10(18)11(5-9)20-2/h3-7,18H,1-2H3,(H,14,15)(H,17,19). The number of benzene rings is 1. The number of phenols is 1. The number of imidazole rings is 1. The van der Waals surface area contributed by atoms with Crippen LogP contribution < -0.4 is 10.2 Å². The van der Waals surface area contributed by atoms with Gasteiger partial charge in [-0.1, -0.05) is 0 Å². The van der Waals surface area contributed by atoms with Crippen LogP contribution in [0.1, 0.15) is 21.7 Å². The molecule has 20 heavy (non-hydrogen) atoms. The minimum Gasteiger partial charge on any atom is -0.504 e. The van der Waals surface area contributed by atoms with Crippen molar-refractivity contribution in [3.05, 3.63) is 41.5 Å². The molecule has 0 saturated heterocycles. The Morgan fingerprint density at radius 2 is 2.35 bits per heavy atom. The van der Waals surface area contributed by atoms with E-state index in [-0.39, 0.29) is 5.75 Å². The highest BCUT2D eigenvalue weighted by Crippen LogP contribution is 2.25. The van der Waals surface area contributed by atoms with Crippen molar-refractivity contribution in [2.45, 2.75) is 6.92 Å². The van der Waals surface area contributed by atoms with Gasteiger partial charge in [0.05, 0.1) is 19.7 Å². The second-order valence-electron chi connectivity index (χ2n) is 4.01. The lowest BCUT2D eigenvalue weighted by Crippen LogP contribution is -2.19. The van der Waals surface area contributed by atoms with Crippen LogP contribution in [0.5, 0.6) is 11.5 Å². The molecule has 0 unspecified atom stereocenters. The summed E-state index contributed by atoms with van der Waals surface area (Å²) in [6.07, 6.45) is 2.89. The van der Waals surface area contributed by atoms with Crippen molar-refractivity contribution in [1.82, 2.24) is 15.4 Å². The molecule has 1 heterocycles. The Labute approximate surface area is 115 Å². The highest BCUT2D eigenvalue weighted by atomic mass is 16.5. The maximum Gasteiger partial charge on any atom is 0.291 e. The summed E-state index contributed by atoms with van der Waals surface area (Å²) in [6, 6.07) is 4.73. The van der Waals surface area contributed by atoms with Crippen LogP contribution in [0.3, 0.4) is 0 Å². The summed E-state index contributed by atoms with van der Waals surface area (Å²) in [7, 11) is 1.46. The molecule has 0 aliphatic carbocycles. The third kappa shape index (κ3) is 2.94. The summed E-state index contributed by atoms with van der Waals surface area (Å²) in [6.45, 7) is 1.75. The third-order valence-corrected chi connectivity index (χ3v) is 2.63. The fourth-order valence-corrected chi connectivity index (χ4v) is 1.58. The molecule has 0 atom stereocenters. The third-order valence-electron chi connectivity index (χ3n) is 2.63. The van der Waals surface area contributed by atoms with E-state index in [0.717, 1.165) is 0 Å². The second kappa shape index (κ2) is 5.87. The Morgan fingerprint density at radius 1 is 1.55 bits per heavy atom. The Morgan fingerprint density at radius 3 is 3.00 bits per heavy atom. The number of rotatable bonds is 4. The van der Waals surface area contributed by atoms with E-state index in [1.165, 1.54) is 25.7 Å². The molecule has 7 nitrogen and oxygen atoms in total. The molecule has 0 saturated carbocycles. The summed E-state index contributed by atoms with van der Waals surface area (Å²) in [4.78, 5) is 18.4. The number of amides is 1. The van der Waals surface area contributed by atoms with Crippen LogP contribution in [0.4, 0.5) is 0 Å². The number of aromatic amines is 1. The number of ether oxygens (including phenoxy) is 1. The quantitative estimate of drug-likeness (QED) is 0.576. The number of hydrazone groups is 1. The Bertz CT molecular complexity index is 649. The highest BCUT2D eigenvalue weighted by Gasteiger charge is 2.10. The number of H-pyrrole nitrogens is 1. The lowest BCUT2D eigenvalue weighted by molar-refractivity contribution is 0.0950. The minimum absolute atomic E-state index is 0.0424.